The maximum Gasteiger partial charge on any atom is 0.236 e. The van der Waals surface area contributed by atoms with Crippen LogP contribution in [0.2, 0.25) is 0 Å². The highest BCUT2D eigenvalue weighted by atomic mass is 16.5. The van der Waals surface area contributed by atoms with E-state index in [4.69, 9.17) is 4.74 Å². The number of nitrogens with zero attached hydrogens (tertiary/aromatic N) is 3. The van der Waals surface area contributed by atoms with E-state index in [0.29, 0.717) is 5.88 Å². The van der Waals surface area contributed by atoms with E-state index in [1.54, 1.807) is 10.7 Å². The van der Waals surface area contributed by atoms with Gasteiger partial charge in [0.25, 0.3) is 0 Å². The quantitative estimate of drug-likeness (QED) is 0.772. The van der Waals surface area contributed by atoms with E-state index in [-0.39, 0.29) is 5.60 Å². The van der Waals surface area contributed by atoms with E-state index < -0.39 is 0 Å². The highest BCUT2D eigenvalue weighted by Crippen LogP contribution is 2.20. The van der Waals surface area contributed by atoms with Crippen molar-refractivity contribution in [2.75, 3.05) is 13.1 Å². The predicted octanol–water partition coefficient (Wildman–Crippen LogP) is 0.470. The molecule has 1 N–H and O–H groups in total. The second-order valence-electron chi connectivity index (χ2n) is 4.06. The highest BCUT2D eigenvalue weighted by Gasteiger charge is 2.34. The molecule has 78 valence electrons. The molecular formula is C10H12N4O. The van der Waals surface area contributed by atoms with Crippen LogP contribution in [0.15, 0.2) is 24.5 Å². The Labute approximate surface area is 87.1 Å². The van der Waals surface area contributed by atoms with Gasteiger partial charge in [-0.2, -0.15) is 0 Å². The number of nitrogens with one attached hydrogen (secondary N) is 1. The molecule has 0 bridgehead atoms. The molecule has 3 rings (SSSR count). The first kappa shape index (κ1) is 8.67. The van der Waals surface area contributed by atoms with Crippen molar-refractivity contribution < 1.29 is 4.74 Å². The summed E-state index contributed by atoms with van der Waals surface area (Å²) in [7, 11) is 0. The molecule has 1 aliphatic heterocycles. The van der Waals surface area contributed by atoms with Crippen molar-refractivity contribution in [2.24, 2.45) is 0 Å². The Morgan fingerprint density at radius 3 is 3.07 bits per heavy atom. The number of aromatic nitrogens is 3. The van der Waals surface area contributed by atoms with E-state index >= 15 is 0 Å². The van der Waals surface area contributed by atoms with E-state index in [9.17, 15) is 0 Å². The molecule has 0 unspecified atom stereocenters. The molecule has 3 heterocycles. The number of hydrogen-bond donors (Lipinski definition) is 1. The minimum atomic E-state index is -0.113. The molecule has 1 fully saturated rings. The Bertz CT molecular complexity index is 456. The third-order valence-electron chi connectivity index (χ3n) is 2.56. The molecule has 1 aliphatic rings. The van der Waals surface area contributed by atoms with Gasteiger partial charge in [0.05, 0.1) is 0 Å². The Kier molecular flexibility index (Phi) is 1.70. The third-order valence-corrected chi connectivity index (χ3v) is 2.56. The van der Waals surface area contributed by atoms with E-state index in [1.807, 2.05) is 18.3 Å². The van der Waals surface area contributed by atoms with Crippen molar-refractivity contribution >= 4 is 5.65 Å². The summed E-state index contributed by atoms with van der Waals surface area (Å²) >= 11 is 0. The minimum Gasteiger partial charge on any atom is -0.468 e. The normalized spacial score (nSPS) is 18.7. The van der Waals surface area contributed by atoms with Crippen LogP contribution in [-0.2, 0) is 0 Å². The van der Waals surface area contributed by atoms with Crippen molar-refractivity contribution in [1.29, 1.82) is 0 Å². The number of hydrogen-bond acceptors (Lipinski definition) is 4. The van der Waals surface area contributed by atoms with Crippen LogP contribution in [0, 0.1) is 0 Å². The van der Waals surface area contributed by atoms with Crippen molar-refractivity contribution in [3.63, 3.8) is 0 Å². The molecule has 15 heavy (non-hydrogen) atoms. The van der Waals surface area contributed by atoms with Crippen molar-refractivity contribution in [1.82, 2.24) is 19.9 Å². The van der Waals surface area contributed by atoms with Gasteiger partial charge in [-0.05, 0) is 13.0 Å². The van der Waals surface area contributed by atoms with Crippen LogP contribution in [0.25, 0.3) is 5.65 Å². The molecule has 1 saturated heterocycles. The molecule has 2 aromatic rings. The number of ether oxygens (including phenoxy) is 1. The Morgan fingerprint density at radius 1 is 1.53 bits per heavy atom. The van der Waals surface area contributed by atoms with Gasteiger partial charge in [0.15, 0.2) is 5.65 Å². The maximum absolute atomic E-state index is 5.79. The molecular weight excluding hydrogens is 192 g/mol. The van der Waals surface area contributed by atoms with E-state index in [2.05, 4.69) is 22.3 Å². The van der Waals surface area contributed by atoms with Gasteiger partial charge in [-0.1, -0.05) is 0 Å². The lowest BCUT2D eigenvalue weighted by atomic mass is 10.0. The smallest absolute Gasteiger partial charge is 0.236 e. The molecule has 0 aliphatic carbocycles. The Hall–Kier alpha value is -1.62. The maximum atomic E-state index is 5.79. The average molecular weight is 204 g/mol. The molecule has 0 aromatic carbocycles. The first-order valence-electron chi connectivity index (χ1n) is 4.95. The monoisotopic (exact) mass is 204 g/mol. The summed E-state index contributed by atoms with van der Waals surface area (Å²) in [6.07, 6.45) is 3.60. The third kappa shape index (κ3) is 1.45. The van der Waals surface area contributed by atoms with Gasteiger partial charge in [0.1, 0.15) is 5.60 Å². The molecule has 2 aromatic heterocycles. The van der Waals surface area contributed by atoms with Gasteiger partial charge < -0.3 is 10.1 Å². The minimum absolute atomic E-state index is 0.113. The van der Waals surface area contributed by atoms with Gasteiger partial charge in [0.2, 0.25) is 5.88 Å². The second-order valence-corrected chi connectivity index (χ2v) is 4.06. The zero-order valence-electron chi connectivity index (χ0n) is 8.47. The fraction of sp³-hybridized carbons (Fsp3) is 0.400. The number of fused-ring (bicyclic) bond motifs is 1. The lowest BCUT2D eigenvalue weighted by Crippen LogP contribution is -2.61. The molecule has 0 amide bonds. The van der Waals surface area contributed by atoms with Crippen LogP contribution in [0.3, 0.4) is 0 Å². The first-order valence-corrected chi connectivity index (χ1v) is 4.95. The zero-order chi connectivity index (χ0) is 10.3. The molecule has 0 spiro atoms. The molecule has 5 heteroatoms. The highest BCUT2D eigenvalue weighted by molar-refractivity contribution is 5.40. The van der Waals surface area contributed by atoms with E-state index in [1.165, 1.54) is 0 Å². The van der Waals surface area contributed by atoms with Crippen LogP contribution >= 0.6 is 0 Å². The van der Waals surface area contributed by atoms with Gasteiger partial charge in [0, 0.05) is 31.5 Å². The predicted molar refractivity (Wildman–Crippen MR) is 54.9 cm³/mol. The lowest BCUT2D eigenvalue weighted by Gasteiger charge is -2.38. The summed E-state index contributed by atoms with van der Waals surface area (Å²) in [6, 6.07) is 3.69. The molecule has 0 radical (unpaired) electrons. The van der Waals surface area contributed by atoms with Crippen molar-refractivity contribution in [2.45, 2.75) is 12.5 Å². The largest absolute Gasteiger partial charge is 0.468 e. The van der Waals surface area contributed by atoms with E-state index in [0.717, 1.165) is 18.7 Å². The SMILES string of the molecule is CC1(Oc2cc3ncccn3n2)CNC1. The van der Waals surface area contributed by atoms with Crippen LogP contribution < -0.4 is 10.1 Å². The average Bonchev–Trinajstić information content (AvgIpc) is 2.57. The van der Waals surface area contributed by atoms with Crippen LogP contribution in [0.5, 0.6) is 5.88 Å². The molecule has 5 nitrogen and oxygen atoms in total. The standard InChI is InChI=1S/C10H12N4O/c1-10(6-11-7-10)15-9-5-8-12-3-2-4-14(8)13-9/h2-5,11H,6-7H2,1H3. The van der Waals surface area contributed by atoms with Crippen molar-refractivity contribution in [3.05, 3.63) is 24.5 Å². The summed E-state index contributed by atoms with van der Waals surface area (Å²) in [5.74, 6) is 0.637. The fourth-order valence-corrected chi connectivity index (χ4v) is 1.66. The van der Waals surface area contributed by atoms with Crippen LogP contribution in [0.1, 0.15) is 6.92 Å². The summed E-state index contributed by atoms with van der Waals surface area (Å²) in [6.45, 7) is 3.81. The van der Waals surface area contributed by atoms with Crippen LogP contribution in [-0.4, -0.2) is 33.3 Å². The van der Waals surface area contributed by atoms with Crippen molar-refractivity contribution in [3.8, 4) is 5.88 Å². The molecule has 0 atom stereocenters. The fourth-order valence-electron chi connectivity index (χ4n) is 1.66. The number of rotatable bonds is 2. The second kappa shape index (κ2) is 2.93. The van der Waals surface area contributed by atoms with Crippen LogP contribution in [0.4, 0.5) is 0 Å². The van der Waals surface area contributed by atoms with Gasteiger partial charge >= 0.3 is 0 Å². The zero-order valence-corrected chi connectivity index (χ0v) is 8.47. The summed E-state index contributed by atoms with van der Waals surface area (Å²) in [4.78, 5) is 4.18. The van der Waals surface area contributed by atoms with Gasteiger partial charge in [-0.3, -0.25) is 0 Å². The topological polar surface area (TPSA) is 51.5 Å². The summed E-state index contributed by atoms with van der Waals surface area (Å²) < 4.78 is 7.50. The lowest BCUT2D eigenvalue weighted by molar-refractivity contribution is 0.0302. The molecule has 0 saturated carbocycles. The Balaban J connectivity index is 1.91. The van der Waals surface area contributed by atoms with Gasteiger partial charge in [-0.15, -0.1) is 5.10 Å². The summed E-state index contributed by atoms with van der Waals surface area (Å²) in [5.41, 5.74) is 0.696. The summed E-state index contributed by atoms with van der Waals surface area (Å²) in [5, 5.41) is 7.46. The Morgan fingerprint density at radius 2 is 2.40 bits per heavy atom. The van der Waals surface area contributed by atoms with Gasteiger partial charge in [-0.25, -0.2) is 9.50 Å². The first-order chi connectivity index (χ1) is 7.25.